The van der Waals surface area contributed by atoms with Crippen LogP contribution in [0.15, 0.2) is 58.0 Å². The van der Waals surface area contributed by atoms with Crippen molar-refractivity contribution in [2.24, 2.45) is 11.7 Å². The zero-order chi connectivity index (χ0) is 40.6. The number of carbonyl (C=O) groups is 3. The van der Waals surface area contributed by atoms with Crippen molar-refractivity contribution < 1.29 is 48.7 Å². The van der Waals surface area contributed by atoms with Crippen LogP contribution in [0.4, 0.5) is 5.69 Å². The summed E-state index contributed by atoms with van der Waals surface area (Å²) in [5.41, 5.74) is 5.68. The average Bonchev–Trinajstić information content (AvgIpc) is 3.51. The second-order valence-electron chi connectivity index (χ2n) is 14.5. The van der Waals surface area contributed by atoms with Crippen molar-refractivity contribution >= 4 is 23.5 Å². The number of ether oxygens (including phenoxy) is 4. The Morgan fingerprint density at radius 3 is 2.20 bits per heavy atom. The SMILES string of the molecule is CCCCCCCCCCCC(=O)O[C@@H]1[C@H](CO)[C@@H]([C@@H](O[C@H]2OC(C(=O)Nc3ccc(CCCCC)cc3)=C[C@H](O)[C@@H]2O)C(N)=O)O[C@H]1n1ccc(=O)[nH]c1=O. The number of nitrogens with zero attached hydrogens (tertiary/aromatic N) is 1. The zero-order valence-corrected chi connectivity index (χ0v) is 32.3. The van der Waals surface area contributed by atoms with E-state index in [2.05, 4.69) is 24.1 Å². The summed E-state index contributed by atoms with van der Waals surface area (Å²) in [4.78, 5) is 66.2. The normalized spacial score (nSPS) is 23.9. The minimum absolute atomic E-state index is 0.0401. The molecule has 16 nitrogen and oxygen atoms in total. The molecule has 2 aromatic rings. The van der Waals surface area contributed by atoms with E-state index in [0.717, 1.165) is 79.8 Å². The minimum Gasteiger partial charge on any atom is -0.457 e. The van der Waals surface area contributed by atoms with Gasteiger partial charge in [0.1, 0.15) is 18.3 Å². The van der Waals surface area contributed by atoms with Crippen LogP contribution in [0.1, 0.15) is 109 Å². The maximum Gasteiger partial charge on any atom is 0.330 e. The van der Waals surface area contributed by atoms with E-state index >= 15 is 0 Å². The number of aromatic nitrogens is 2. The van der Waals surface area contributed by atoms with E-state index in [1.54, 1.807) is 12.1 Å². The van der Waals surface area contributed by atoms with Crippen LogP contribution >= 0.6 is 0 Å². The molecule has 56 heavy (non-hydrogen) atoms. The highest BCUT2D eigenvalue weighted by Gasteiger charge is 2.54. The molecule has 1 saturated heterocycles. The second-order valence-corrected chi connectivity index (χ2v) is 14.5. The number of rotatable bonds is 23. The largest absolute Gasteiger partial charge is 0.457 e. The number of nitrogens with one attached hydrogen (secondary N) is 2. The van der Waals surface area contributed by atoms with Gasteiger partial charge in [-0.15, -0.1) is 0 Å². The number of anilines is 1. The summed E-state index contributed by atoms with van der Waals surface area (Å²) in [6.45, 7) is 3.55. The molecule has 0 saturated carbocycles. The number of carbonyl (C=O) groups excluding carboxylic acids is 3. The lowest BCUT2D eigenvalue weighted by Crippen LogP contribution is -2.53. The molecule has 1 fully saturated rings. The molecule has 8 atom stereocenters. The Balaban J connectivity index is 1.47. The third-order valence-corrected chi connectivity index (χ3v) is 10.1. The quantitative estimate of drug-likeness (QED) is 0.0704. The number of hydrogen-bond acceptors (Lipinski definition) is 12. The molecule has 3 heterocycles. The maximum absolute atomic E-state index is 13.2. The minimum atomic E-state index is -1.85. The molecule has 16 heteroatoms. The topological polar surface area (TPSA) is 242 Å². The molecule has 1 aromatic carbocycles. The smallest absolute Gasteiger partial charge is 0.330 e. The fourth-order valence-electron chi connectivity index (χ4n) is 6.89. The van der Waals surface area contributed by atoms with Crippen LogP contribution < -0.4 is 22.3 Å². The second kappa shape index (κ2) is 22.4. The summed E-state index contributed by atoms with van der Waals surface area (Å²) in [5, 5.41) is 34.7. The molecule has 0 unspecified atom stereocenters. The molecule has 7 N–H and O–H groups in total. The van der Waals surface area contributed by atoms with Gasteiger partial charge in [0, 0.05) is 24.4 Å². The summed E-state index contributed by atoms with van der Waals surface area (Å²) in [6, 6.07) is 8.27. The molecule has 0 bridgehead atoms. The van der Waals surface area contributed by atoms with Crippen LogP contribution in [0.5, 0.6) is 0 Å². The Kier molecular flexibility index (Phi) is 17.8. The summed E-state index contributed by atoms with van der Waals surface area (Å²) in [7, 11) is 0. The number of aliphatic hydroxyl groups excluding tert-OH is 3. The van der Waals surface area contributed by atoms with E-state index < -0.39 is 90.4 Å². The Morgan fingerprint density at radius 1 is 0.929 bits per heavy atom. The lowest BCUT2D eigenvalue weighted by molar-refractivity contribution is -0.239. The summed E-state index contributed by atoms with van der Waals surface area (Å²) in [6.07, 6.45) is 4.02. The highest BCUT2D eigenvalue weighted by molar-refractivity contribution is 6.02. The van der Waals surface area contributed by atoms with Gasteiger partial charge >= 0.3 is 11.7 Å². The number of esters is 1. The summed E-state index contributed by atoms with van der Waals surface area (Å²) < 4.78 is 24.3. The Hall–Kier alpha value is -4.35. The lowest BCUT2D eigenvalue weighted by atomic mass is 9.94. The van der Waals surface area contributed by atoms with Gasteiger partial charge in [-0.05, 0) is 43.0 Å². The average molecular weight is 787 g/mol. The number of hydrogen-bond donors (Lipinski definition) is 6. The first kappa shape index (κ1) is 44.4. The fourth-order valence-corrected chi connectivity index (χ4v) is 6.89. The van der Waals surface area contributed by atoms with Crippen molar-refractivity contribution in [1.82, 2.24) is 9.55 Å². The van der Waals surface area contributed by atoms with E-state index in [-0.39, 0.29) is 6.42 Å². The molecule has 2 amide bonds. The standard InChI is InChI=1S/C40H58N4O12/c1-3-5-7-8-9-10-11-12-14-16-31(48)54-34-27(24-45)33(55-38(34)44-22-21-30(47)43-40(44)52)35(36(41)50)56-39-32(49)28(46)23-29(53-39)37(51)42-26-19-17-25(18-20-26)15-13-6-4-2/h17-23,27-28,32-35,38-39,45-46,49H,3-16,24H2,1-2H3,(H2,41,50)(H,42,51)(H,43,47,52)/t27-,28+,32+,33+,34-,35-,38-,39-/m1/s1. The van der Waals surface area contributed by atoms with Gasteiger partial charge in [-0.3, -0.25) is 28.7 Å². The molecule has 2 aliphatic rings. The van der Waals surface area contributed by atoms with Gasteiger partial charge in [-0.2, -0.15) is 0 Å². The number of amides is 2. The van der Waals surface area contributed by atoms with Gasteiger partial charge in [-0.25, -0.2) is 4.79 Å². The number of aliphatic hydroxyl groups is 3. The highest BCUT2D eigenvalue weighted by atomic mass is 16.7. The van der Waals surface area contributed by atoms with Crippen molar-refractivity contribution in [2.45, 2.75) is 147 Å². The van der Waals surface area contributed by atoms with E-state index in [4.69, 9.17) is 24.7 Å². The van der Waals surface area contributed by atoms with Gasteiger partial charge in [-0.1, -0.05) is 90.2 Å². The Morgan fingerprint density at radius 2 is 1.57 bits per heavy atom. The first-order chi connectivity index (χ1) is 27.0. The van der Waals surface area contributed by atoms with E-state index in [1.165, 1.54) is 25.7 Å². The highest BCUT2D eigenvalue weighted by Crippen LogP contribution is 2.39. The molecule has 1 aromatic heterocycles. The summed E-state index contributed by atoms with van der Waals surface area (Å²) >= 11 is 0. The molecule has 2 aliphatic heterocycles. The Bertz CT molecular complexity index is 1710. The van der Waals surface area contributed by atoms with Gasteiger partial charge < -0.3 is 45.3 Å². The third kappa shape index (κ3) is 12.6. The number of aryl methyl sites for hydroxylation is 1. The predicted octanol–water partition coefficient (Wildman–Crippen LogP) is 3.08. The van der Waals surface area contributed by atoms with Crippen LogP contribution in [0.3, 0.4) is 0 Å². The van der Waals surface area contributed by atoms with Gasteiger partial charge in [0.2, 0.25) is 12.2 Å². The molecule has 0 spiro atoms. The van der Waals surface area contributed by atoms with Gasteiger partial charge in [0.25, 0.3) is 11.5 Å². The van der Waals surface area contributed by atoms with Crippen LogP contribution in [-0.2, 0) is 39.8 Å². The number of unbranched alkanes of at least 4 members (excludes halogenated alkanes) is 10. The van der Waals surface area contributed by atoms with Crippen LogP contribution in [0.25, 0.3) is 0 Å². The number of aromatic amines is 1. The first-order valence-electron chi connectivity index (χ1n) is 19.8. The fraction of sp³-hybridized carbons (Fsp3) is 0.625. The molecule has 0 radical (unpaired) electrons. The van der Waals surface area contributed by atoms with E-state index in [9.17, 15) is 39.3 Å². The van der Waals surface area contributed by atoms with Crippen LogP contribution in [0, 0.1) is 5.92 Å². The van der Waals surface area contributed by atoms with Crippen molar-refractivity contribution in [3.05, 3.63) is 74.8 Å². The van der Waals surface area contributed by atoms with Gasteiger partial charge in [0.05, 0.1) is 12.5 Å². The molecule has 4 rings (SSSR count). The van der Waals surface area contributed by atoms with Crippen LogP contribution in [-0.4, -0.2) is 86.1 Å². The molecule has 310 valence electrons. The molecular formula is C40H58N4O12. The summed E-state index contributed by atoms with van der Waals surface area (Å²) in [5.74, 6) is -4.22. The van der Waals surface area contributed by atoms with E-state index in [0.29, 0.717) is 12.1 Å². The number of benzene rings is 1. The zero-order valence-electron chi connectivity index (χ0n) is 32.3. The molecule has 0 aliphatic carbocycles. The third-order valence-electron chi connectivity index (χ3n) is 10.1. The predicted molar refractivity (Wildman–Crippen MR) is 205 cm³/mol. The Labute approximate surface area is 326 Å². The number of nitrogens with two attached hydrogens (primary N) is 1. The first-order valence-corrected chi connectivity index (χ1v) is 19.8. The van der Waals surface area contributed by atoms with Crippen molar-refractivity contribution in [1.29, 1.82) is 0 Å². The number of H-pyrrole nitrogens is 1. The van der Waals surface area contributed by atoms with Crippen LogP contribution in [0.2, 0.25) is 0 Å². The van der Waals surface area contributed by atoms with Crippen molar-refractivity contribution in [2.75, 3.05) is 11.9 Å². The molecular weight excluding hydrogens is 728 g/mol. The maximum atomic E-state index is 13.2. The van der Waals surface area contributed by atoms with Gasteiger partial charge in [0.15, 0.2) is 24.2 Å². The lowest BCUT2D eigenvalue weighted by Gasteiger charge is -2.35. The van der Waals surface area contributed by atoms with E-state index in [1.807, 2.05) is 12.1 Å². The van der Waals surface area contributed by atoms with Crippen molar-refractivity contribution in [3.8, 4) is 0 Å². The monoisotopic (exact) mass is 786 g/mol. The number of primary amides is 1. The van der Waals surface area contributed by atoms with Crippen molar-refractivity contribution in [3.63, 3.8) is 0 Å².